The van der Waals surface area contributed by atoms with Crippen molar-refractivity contribution in [3.05, 3.63) is 62.6 Å². The van der Waals surface area contributed by atoms with E-state index in [4.69, 9.17) is 27.9 Å². The van der Waals surface area contributed by atoms with E-state index < -0.39 is 17.0 Å². The van der Waals surface area contributed by atoms with Crippen molar-refractivity contribution in [2.75, 3.05) is 7.11 Å². The summed E-state index contributed by atoms with van der Waals surface area (Å²) in [6.45, 7) is 0. The van der Waals surface area contributed by atoms with Crippen molar-refractivity contribution in [1.29, 1.82) is 0 Å². The third-order valence-electron chi connectivity index (χ3n) is 2.79. The molecule has 106 valence electrons. The van der Waals surface area contributed by atoms with Crippen LogP contribution in [0.3, 0.4) is 0 Å². The molecule has 0 fully saturated rings. The molecule has 1 atom stereocenters. The molecule has 1 unspecified atom stereocenters. The maximum Gasteiger partial charge on any atom is 0.142 e. The van der Waals surface area contributed by atoms with Crippen LogP contribution in [0.5, 0.6) is 5.75 Å². The van der Waals surface area contributed by atoms with Gasteiger partial charge in [0.2, 0.25) is 0 Å². The number of hydrogen-bond donors (Lipinski definition) is 0. The zero-order chi connectivity index (χ0) is 14.9. The number of rotatable bonds is 3. The summed E-state index contributed by atoms with van der Waals surface area (Å²) in [5.41, 5.74) is 0.632. The van der Waals surface area contributed by atoms with Crippen LogP contribution >= 0.6 is 39.1 Å². The molecular formula is C14H9BrCl2F2O. The minimum atomic E-state index is -0.845. The molecule has 0 amide bonds. The lowest BCUT2D eigenvalue weighted by atomic mass is 10.0. The molecule has 0 aliphatic heterocycles. The van der Waals surface area contributed by atoms with E-state index in [0.29, 0.717) is 15.8 Å². The Morgan fingerprint density at radius 3 is 2.40 bits per heavy atom. The molecule has 0 aliphatic rings. The second-order valence-electron chi connectivity index (χ2n) is 4.04. The van der Waals surface area contributed by atoms with Crippen molar-refractivity contribution < 1.29 is 13.5 Å². The fourth-order valence-corrected chi connectivity index (χ4v) is 2.97. The first-order valence-corrected chi connectivity index (χ1v) is 7.16. The van der Waals surface area contributed by atoms with Crippen LogP contribution in [0, 0.1) is 11.6 Å². The van der Waals surface area contributed by atoms with Gasteiger partial charge in [0.1, 0.15) is 17.4 Å². The van der Waals surface area contributed by atoms with E-state index in [2.05, 4.69) is 15.9 Å². The lowest BCUT2D eigenvalue weighted by Crippen LogP contribution is -2.00. The molecule has 0 saturated carbocycles. The Morgan fingerprint density at radius 1 is 1.10 bits per heavy atom. The van der Waals surface area contributed by atoms with E-state index in [1.54, 1.807) is 18.2 Å². The molecule has 2 aromatic rings. The second-order valence-corrected chi connectivity index (χ2v) is 5.74. The van der Waals surface area contributed by atoms with Crippen molar-refractivity contribution in [2.24, 2.45) is 0 Å². The van der Waals surface area contributed by atoms with Gasteiger partial charge in [0.05, 0.1) is 17.5 Å². The van der Waals surface area contributed by atoms with Crippen LogP contribution in [0.25, 0.3) is 0 Å². The molecule has 0 heterocycles. The van der Waals surface area contributed by atoms with Crippen molar-refractivity contribution in [2.45, 2.75) is 5.38 Å². The topological polar surface area (TPSA) is 9.23 Å². The van der Waals surface area contributed by atoms with Gasteiger partial charge in [-0.1, -0.05) is 33.6 Å². The molecule has 0 N–H and O–H groups in total. The van der Waals surface area contributed by atoms with Crippen molar-refractivity contribution >= 4 is 39.1 Å². The second kappa shape index (κ2) is 6.29. The summed E-state index contributed by atoms with van der Waals surface area (Å²) < 4.78 is 33.0. The van der Waals surface area contributed by atoms with Crippen LogP contribution in [0.4, 0.5) is 8.78 Å². The quantitative estimate of drug-likeness (QED) is 0.488. The van der Waals surface area contributed by atoms with Crippen LogP contribution in [-0.2, 0) is 0 Å². The fourth-order valence-electron chi connectivity index (χ4n) is 1.74. The largest absolute Gasteiger partial charge is 0.497 e. The lowest BCUT2D eigenvalue weighted by Gasteiger charge is -2.14. The summed E-state index contributed by atoms with van der Waals surface area (Å²) in [5, 5.41) is -1.12. The number of hydrogen-bond acceptors (Lipinski definition) is 1. The van der Waals surface area contributed by atoms with E-state index >= 15 is 0 Å². The molecule has 0 aromatic heterocycles. The predicted octanol–water partition coefficient (Wildman–Crippen LogP) is 5.72. The van der Waals surface area contributed by atoms with Crippen molar-refractivity contribution in [1.82, 2.24) is 0 Å². The minimum absolute atomic E-state index is 0.0273. The number of halogens is 5. The van der Waals surface area contributed by atoms with Gasteiger partial charge in [-0.15, -0.1) is 11.6 Å². The molecule has 20 heavy (non-hydrogen) atoms. The molecular weight excluding hydrogens is 373 g/mol. The van der Waals surface area contributed by atoms with Crippen LogP contribution in [0.2, 0.25) is 5.02 Å². The summed E-state index contributed by atoms with van der Waals surface area (Å²) in [6.07, 6.45) is 0. The first kappa shape index (κ1) is 15.5. The first-order chi connectivity index (χ1) is 9.43. The summed E-state index contributed by atoms with van der Waals surface area (Å²) in [5.74, 6) is -0.732. The molecule has 0 bridgehead atoms. The Bertz CT molecular complexity index is 649. The Kier molecular flexibility index (Phi) is 4.89. The third-order valence-corrected chi connectivity index (χ3v) is 4.24. The van der Waals surface area contributed by atoms with Crippen molar-refractivity contribution in [3.8, 4) is 5.75 Å². The molecule has 0 radical (unpaired) electrons. The molecule has 2 rings (SSSR count). The highest BCUT2D eigenvalue weighted by atomic mass is 79.9. The molecule has 6 heteroatoms. The Labute approximate surface area is 133 Å². The van der Waals surface area contributed by atoms with Gasteiger partial charge >= 0.3 is 0 Å². The highest BCUT2D eigenvalue weighted by Crippen LogP contribution is 2.37. The van der Waals surface area contributed by atoms with Gasteiger partial charge in [0, 0.05) is 10.0 Å². The van der Waals surface area contributed by atoms with E-state index in [1.165, 1.54) is 7.11 Å². The van der Waals surface area contributed by atoms with Gasteiger partial charge in [0.25, 0.3) is 0 Å². The Morgan fingerprint density at radius 2 is 1.80 bits per heavy atom. The van der Waals surface area contributed by atoms with Gasteiger partial charge in [-0.25, -0.2) is 8.78 Å². The molecule has 1 nitrogen and oxygen atoms in total. The van der Waals surface area contributed by atoms with E-state index in [-0.39, 0.29) is 10.6 Å². The maximum atomic E-state index is 13.9. The average Bonchev–Trinajstić information content (AvgIpc) is 2.42. The maximum absolute atomic E-state index is 13.9. The van der Waals surface area contributed by atoms with Gasteiger partial charge in [-0.2, -0.15) is 0 Å². The molecule has 2 aromatic carbocycles. The lowest BCUT2D eigenvalue weighted by molar-refractivity contribution is 0.414. The normalized spacial score (nSPS) is 12.3. The highest BCUT2D eigenvalue weighted by Gasteiger charge is 2.20. The highest BCUT2D eigenvalue weighted by molar-refractivity contribution is 9.10. The number of benzene rings is 2. The standard InChI is InChI=1S/C14H9BrCl2F2O/c1-20-7-2-3-8(10(15)4-7)14(17)9-5-13(19)11(16)6-12(9)18/h2-6,14H,1H3. The Balaban J connectivity index is 2.46. The van der Waals surface area contributed by atoms with E-state index in [9.17, 15) is 8.78 Å². The van der Waals surface area contributed by atoms with Crippen LogP contribution in [0.15, 0.2) is 34.8 Å². The number of ether oxygens (including phenoxy) is 1. The molecule has 0 saturated heterocycles. The van der Waals surface area contributed by atoms with Crippen LogP contribution < -0.4 is 4.74 Å². The van der Waals surface area contributed by atoms with Crippen molar-refractivity contribution in [3.63, 3.8) is 0 Å². The van der Waals surface area contributed by atoms with Crippen LogP contribution in [-0.4, -0.2) is 7.11 Å². The van der Waals surface area contributed by atoms with Gasteiger partial charge < -0.3 is 4.74 Å². The number of methoxy groups -OCH3 is 1. The summed E-state index contributed by atoms with van der Waals surface area (Å²) in [7, 11) is 1.54. The first-order valence-electron chi connectivity index (χ1n) is 5.56. The van der Waals surface area contributed by atoms with E-state index in [0.717, 1.165) is 12.1 Å². The predicted molar refractivity (Wildman–Crippen MR) is 79.8 cm³/mol. The SMILES string of the molecule is COc1ccc(C(Cl)c2cc(F)c(Cl)cc2F)c(Br)c1. The molecule has 0 spiro atoms. The third kappa shape index (κ3) is 3.08. The van der Waals surface area contributed by atoms with E-state index in [1.807, 2.05) is 0 Å². The summed E-state index contributed by atoms with van der Waals surface area (Å²) in [6, 6.07) is 7.01. The zero-order valence-electron chi connectivity index (χ0n) is 10.3. The Hall–Kier alpha value is -0.840. The van der Waals surface area contributed by atoms with Gasteiger partial charge in [0.15, 0.2) is 0 Å². The van der Waals surface area contributed by atoms with Gasteiger partial charge in [-0.3, -0.25) is 0 Å². The smallest absolute Gasteiger partial charge is 0.142 e. The van der Waals surface area contributed by atoms with Gasteiger partial charge in [-0.05, 0) is 29.8 Å². The fraction of sp³-hybridized carbons (Fsp3) is 0.143. The summed E-state index contributed by atoms with van der Waals surface area (Å²) >= 11 is 15.1. The average molecular weight is 382 g/mol. The van der Waals surface area contributed by atoms with Crippen LogP contribution in [0.1, 0.15) is 16.5 Å². The summed E-state index contributed by atoms with van der Waals surface area (Å²) in [4.78, 5) is 0. The monoisotopic (exact) mass is 380 g/mol. The molecule has 0 aliphatic carbocycles. The zero-order valence-corrected chi connectivity index (χ0v) is 13.4. The minimum Gasteiger partial charge on any atom is -0.497 e. The number of alkyl halides is 1.